The first-order valence-electron chi connectivity index (χ1n) is 2.69. The van der Waals surface area contributed by atoms with E-state index in [9.17, 15) is 9.59 Å². The van der Waals surface area contributed by atoms with Crippen molar-refractivity contribution in [3.8, 4) is 0 Å². The molecule has 0 aliphatic carbocycles. The predicted molar refractivity (Wildman–Crippen MR) is 32.7 cm³/mol. The molecule has 4 heteroatoms. The van der Waals surface area contributed by atoms with Crippen LogP contribution in [0.5, 0.6) is 0 Å². The summed E-state index contributed by atoms with van der Waals surface area (Å²) in [7, 11) is 0. The molecule has 0 heterocycles. The van der Waals surface area contributed by atoms with Crippen molar-refractivity contribution in [3.63, 3.8) is 0 Å². The first-order chi connectivity index (χ1) is 4.63. The van der Waals surface area contributed by atoms with Crippen LogP contribution in [-0.4, -0.2) is 34.5 Å². The Kier molecular flexibility index (Phi) is 3.83. The highest BCUT2D eigenvalue weighted by Gasteiger charge is 2.22. The van der Waals surface area contributed by atoms with Crippen molar-refractivity contribution >= 4 is 12.1 Å². The number of Topliss-reactive ketones (excluding diaryl/α,β-unsaturated/α-hetero) is 1. The van der Waals surface area contributed by atoms with E-state index in [0.717, 1.165) is 6.29 Å². The summed E-state index contributed by atoms with van der Waals surface area (Å²) in [5.74, 6) is -0.671. The molecule has 0 aliphatic rings. The van der Waals surface area contributed by atoms with E-state index in [1.54, 1.807) is 0 Å². The molecule has 0 saturated carbocycles. The number of ketones is 1. The lowest BCUT2D eigenvalue weighted by atomic mass is 10.1. The molecule has 56 valence electrons. The summed E-state index contributed by atoms with van der Waals surface area (Å²) in [6.07, 6.45) is -2.48. The van der Waals surface area contributed by atoms with Gasteiger partial charge in [-0.15, -0.1) is 0 Å². The highest BCUT2D eigenvalue weighted by Crippen LogP contribution is 1.94. The van der Waals surface area contributed by atoms with E-state index in [-0.39, 0.29) is 6.42 Å². The molecular weight excluding hydrogens is 136 g/mol. The zero-order valence-corrected chi connectivity index (χ0v) is 5.28. The molecule has 2 atom stereocenters. The first kappa shape index (κ1) is 9.26. The Morgan fingerprint density at radius 3 is 2.40 bits per heavy atom. The van der Waals surface area contributed by atoms with Gasteiger partial charge in [0.25, 0.3) is 0 Å². The Hall–Kier alpha value is -0.740. The average Bonchev–Trinajstić information content (AvgIpc) is 2.00. The number of hydrogen-bond donors (Lipinski definition) is 2. The normalized spacial score (nSPS) is 15.9. The summed E-state index contributed by atoms with van der Waals surface area (Å²) < 4.78 is 0. The van der Waals surface area contributed by atoms with Crippen LogP contribution in [0.4, 0.5) is 0 Å². The Morgan fingerprint density at radius 1 is 1.60 bits per heavy atom. The third-order valence-corrected chi connectivity index (χ3v) is 0.996. The summed E-state index contributed by atoms with van der Waals surface area (Å²) in [6, 6.07) is 0. The second-order valence-electron chi connectivity index (χ2n) is 1.72. The van der Waals surface area contributed by atoms with Crippen molar-refractivity contribution in [2.24, 2.45) is 0 Å². The van der Waals surface area contributed by atoms with Gasteiger partial charge in [-0.3, -0.25) is 9.59 Å². The molecule has 2 radical (unpaired) electrons. The largest absolute Gasteiger partial charge is 0.382 e. The van der Waals surface area contributed by atoms with Gasteiger partial charge in [-0.1, -0.05) is 0 Å². The van der Waals surface area contributed by atoms with Crippen molar-refractivity contribution in [1.82, 2.24) is 0 Å². The first-order valence-corrected chi connectivity index (χ1v) is 2.69. The Morgan fingerprint density at radius 2 is 2.10 bits per heavy atom. The van der Waals surface area contributed by atoms with Gasteiger partial charge in [-0.25, -0.2) is 0 Å². The minimum atomic E-state index is -1.74. The summed E-state index contributed by atoms with van der Waals surface area (Å²) >= 11 is 0. The van der Waals surface area contributed by atoms with Gasteiger partial charge < -0.3 is 10.2 Å². The van der Waals surface area contributed by atoms with E-state index >= 15 is 0 Å². The van der Waals surface area contributed by atoms with Crippen LogP contribution in [-0.2, 0) is 9.59 Å². The molecule has 0 amide bonds. The molecule has 0 aromatic carbocycles. The number of aliphatic hydroxyl groups excluding tert-OH is 2. The third-order valence-electron chi connectivity index (χ3n) is 0.996. The lowest BCUT2D eigenvalue weighted by Crippen LogP contribution is -2.34. The van der Waals surface area contributed by atoms with Crippen LogP contribution in [0.15, 0.2) is 0 Å². The fourth-order valence-corrected chi connectivity index (χ4v) is 0.388. The maximum Gasteiger partial charge on any atom is 0.232 e. The van der Waals surface area contributed by atoms with Crippen molar-refractivity contribution in [2.75, 3.05) is 0 Å². The minimum absolute atomic E-state index is 0.153. The van der Waals surface area contributed by atoms with Crippen LogP contribution in [0.25, 0.3) is 0 Å². The number of carbonyl (C=O) groups excluding carboxylic acids is 2. The van der Waals surface area contributed by atoms with Crippen LogP contribution in [0.3, 0.4) is 0 Å². The number of carbonyl (C=O) groups is 1. The van der Waals surface area contributed by atoms with Gasteiger partial charge in [-0.2, -0.15) is 0 Å². The average molecular weight is 144 g/mol. The quantitative estimate of drug-likeness (QED) is 0.509. The van der Waals surface area contributed by atoms with Gasteiger partial charge in [0, 0.05) is 6.42 Å². The van der Waals surface area contributed by atoms with E-state index in [2.05, 4.69) is 6.92 Å². The van der Waals surface area contributed by atoms with E-state index in [4.69, 9.17) is 10.2 Å². The Labute approximate surface area is 58.5 Å². The van der Waals surface area contributed by atoms with Crippen molar-refractivity contribution in [2.45, 2.75) is 18.6 Å². The number of rotatable bonds is 4. The summed E-state index contributed by atoms with van der Waals surface area (Å²) in [5.41, 5.74) is 0. The van der Waals surface area contributed by atoms with E-state index in [1.807, 2.05) is 0 Å². The van der Waals surface area contributed by atoms with E-state index in [1.165, 1.54) is 0 Å². The summed E-state index contributed by atoms with van der Waals surface area (Å²) in [4.78, 5) is 20.1. The van der Waals surface area contributed by atoms with Crippen molar-refractivity contribution in [3.05, 3.63) is 6.92 Å². The van der Waals surface area contributed by atoms with Crippen molar-refractivity contribution in [1.29, 1.82) is 0 Å². The maximum absolute atomic E-state index is 10.5. The monoisotopic (exact) mass is 144 g/mol. The van der Waals surface area contributed by atoms with Gasteiger partial charge in [0.1, 0.15) is 6.10 Å². The van der Waals surface area contributed by atoms with Gasteiger partial charge >= 0.3 is 0 Å². The lowest BCUT2D eigenvalue weighted by Gasteiger charge is -2.07. The molecule has 0 bridgehead atoms. The standard InChI is InChI=1S/C6H8O4/c1-2-4(8)6(10)5(9)3-7/h5-6,9-10H,1-2H2. The molecule has 2 N–H and O–H groups in total. The highest BCUT2D eigenvalue weighted by atomic mass is 16.3. The molecule has 0 rings (SSSR count). The predicted octanol–water partition coefficient (Wildman–Crippen LogP) is -1.39. The Balaban J connectivity index is 3.93. The topological polar surface area (TPSA) is 74.6 Å². The van der Waals surface area contributed by atoms with Crippen LogP contribution in [0.2, 0.25) is 0 Å². The Bertz CT molecular complexity index is 132. The second-order valence-corrected chi connectivity index (χ2v) is 1.72. The molecular formula is C6H8O4. The van der Waals surface area contributed by atoms with Crippen LogP contribution >= 0.6 is 0 Å². The van der Waals surface area contributed by atoms with Crippen LogP contribution in [0.1, 0.15) is 6.42 Å². The van der Waals surface area contributed by atoms with Crippen LogP contribution in [0, 0.1) is 6.92 Å². The molecule has 4 nitrogen and oxygen atoms in total. The van der Waals surface area contributed by atoms with Gasteiger partial charge in [0.05, 0.1) is 0 Å². The van der Waals surface area contributed by atoms with E-state index < -0.39 is 18.0 Å². The fourth-order valence-electron chi connectivity index (χ4n) is 0.388. The van der Waals surface area contributed by atoms with Gasteiger partial charge in [0.2, 0.25) is 6.29 Å². The summed E-state index contributed by atoms with van der Waals surface area (Å²) in [5, 5.41) is 17.2. The molecule has 0 spiro atoms. The molecule has 0 aromatic heterocycles. The third kappa shape index (κ3) is 2.24. The SMILES string of the molecule is [CH2]CC(=O)C(O)C(O)[C]=O. The zero-order chi connectivity index (χ0) is 8.15. The minimum Gasteiger partial charge on any atom is -0.382 e. The number of aliphatic hydroxyl groups is 2. The van der Waals surface area contributed by atoms with E-state index in [0.29, 0.717) is 0 Å². The molecule has 0 fully saturated rings. The highest BCUT2D eigenvalue weighted by molar-refractivity contribution is 5.86. The molecule has 0 saturated heterocycles. The molecule has 0 aliphatic heterocycles. The van der Waals surface area contributed by atoms with Crippen molar-refractivity contribution < 1.29 is 19.8 Å². The lowest BCUT2D eigenvalue weighted by molar-refractivity contribution is -0.129. The molecule has 10 heavy (non-hydrogen) atoms. The zero-order valence-electron chi connectivity index (χ0n) is 5.28. The van der Waals surface area contributed by atoms with Crippen LogP contribution < -0.4 is 0 Å². The molecule has 2 unspecified atom stereocenters. The maximum atomic E-state index is 10.5. The van der Waals surface area contributed by atoms with Gasteiger partial charge in [0.15, 0.2) is 11.9 Å². The second kappa shape index (κ2) is 4.14. The van der Waals surface area contributed by atoms with Gasteiger partial charge in [-0.05, 0) is 6.92 Å². The smallest absolute Gasteiger partial charge is 0.232 e. The summed E-state index contributed by atoms with van der Waals surface area (Å²) in [6.45, 7) is 3.17. The molecule has 0 aromatic rings. The number of hydrogen-bond acceptors (Lipinski definition) is 4. The fraction of sp³-hybridized carbons (Fsp3) is 0.500.